The van der Waals surface area contributed by atoms with E-state index in [4.69, 9.17) is 4.74 Å². The molecule has 4 heteroatoms. The van der Waals surface area contributed by atoms with Crippen LogP contribution in [0.3, 0.4) is 0 Å². The number of hydrogen-bond donors (Lipinski definition) is 1. The summed E-state index contributed by atoms with van der Waals surface area (Å²) in [5.74, 6) is 0.552. The summed E-state index contributed by atoms with van der Waals surface area (Å²) in [6.07, 6.45) is 0.277. The second-order valence-electron chi connectivity index (χ2n) is 3.81. The minimum Gasteiger partial charge on any atom is -0.484 e. The molecule has 1 amide bonds. The Bertz CT molecular complexity index is 353. The third kappa shape index (κ3) is 2.73. The van der Waals surface area contributed by atoms with E-state index in [9.17, 15) is 9.90 Å². The van der Waals surface area contributed by atoms with Gasteiger partial charge in [0, 0.05) is 13.1 Å². The number of benzene rings is 1. The van der Waals surface area contributed by atoms with Gasteiger partial charge in [-0.2, -0.15) is 0 Å². The topological polar surface area (TPSA) is 49.8 Å². The van der Waals surface area contributed by atoms with Crippen LogP contribution in [0, 0.1) is 6.07 Å². The van der Waals surface area contributed by atoms with Crippen LogP contribution in [0.1, 0.15) is 6.42 Å². The van der Waals surface area contributed by atoms with E-state index in [-0.39, 0.29) is 18.6 Å². The van der Waals surface area contributed by atoms with E-state index >= 15 is 0 Å². The summed E-state index contributed by atoms with van der Waals surface area (Å²) in [5, 5.41) is 9.29. The maximum atomic E-state index is 11.6. The number of rotatable bonds is 3. The van der Waals surface area contributed by atoms with Gasteiger partial charge >= 0.3 is 0 Å². The summed E-state index contributed by atoms with van der Waals surface area (Å²) in [5.41, 5.74) is 0. The van der Waals surface area contributed by atoms with E-state index in [0.29, 0.717) is 25.3 Å². The highest BCUT2D eigenvalue weighted by atomic mass is 16.5. The molecule has 0 spiro atoms. The van der Waals surface area contributed by atoms with Crippen molar-refractivity contribution in [2.24, 2.45) is 0 Å². The number of carbonyl (C=O) groups is 1. The summed E-state index contributed by atoms with van der Waals surface area (Å²) in [6.45, 7) is 1.05. The Morgan fingerprint density at radius 3 is 3.19 bits per heavy atom. The number of β-amino-alcohol motifs (C(OH)–C–C–N with tert-alkyl or cyclic N) is 1. The Hall–Kier alpha value is -1.55. The molecule has 1 saturated heterocycles. The molecule has 1 N–H and O–H groups in total. The van der Waals surface area contributed by atoms with Crippen LogP contribution in [0.15, 0.2) is 24.3 Å². The Morgan fingerprint density at radius 2 is 2.56 bits per heavy atom. The van der Waals surface area contributed by atoms with Crippen molar-refractivity contribution in [3.05, 3.63) is 30.3 Å². The quantitative estimate of drug-likeness (QED) is 0.805. The average molecular weight is 220 g/mol. The maximum Gasteiger partial charge on any atom is 0.260 e. The van der Waals surface area contributed by atoms with Gasteiger partial charge in [0.15, 0.2) is 6.61 Å². The Kier molecular flexibility index (Phi) is 3.41. The molecule has 1 heterocycles. The SMILES string of the molecule is O=C(COc1c[c]ccc1)N1CC[C@H](O)C1. The normalized spacial score (nSPS) is 19.8. The third-order valence-electron chi connectivity index (χ3n) is 2.56. The summed E-state index contributed by atoms with van der Waals surface area (Å²) < 4.78 is 5.31. The number of hydrogen-bond acceptors (Lipinski definition) is 3. The van der Waals surface area contributed by atoms with Crippen molar-refractivity contribution in [3.8, 4) is 5.75 Å². The molecule has 0 bridgehead atoms. The summed E-state index contributed by atoms with van der Waals surface area (Å²) in [6, 6.07) is 9.91. The molecule has 0 saturated carbocycles. The van der Waals surface area contributed by atoms with Crippen molar-refractivity contribution in [2.75, 3.05) is 19.7 Å². The highest BCUT2D eigenvalue weighted by Crippen LogP contribution is 2.11. The Balaban J connectivity index is 1.80. The van der Waals surface area contributed by atoms with Gasteiger partial charge in [-0.3, -0.25) is 4.79 Å². The molecule has 1 aromatic rings. The van der Waals surface area contributed by atoms with Gasteiger partial charge in [-0.05, 0) is 24.6 Å². The number of aliphatic hydroxyl groups excluding tert-OH is 1. The first-order chi connectivity index (χ1) is 7.75. The number of amides is 1. The first-order valence-corrected chi connectivity index (χ1v) is 5.30. The fourth-order valence-electron chi connectivity index (χ4n) is 1.67. The van der Waals surface area contributed by atoms with Crippen LogP contribution in [0.5, 0.6) is 5.75 Å². The first-order valence-electron chi connectivity index (χ1n) is 5.30. The summed E-state index contributed by atoms with van der Waals surface area (Å²) in [7, 11) is 0. The zero-order valence-corrected chi connectivity index (χ0v) is 8.93. The second kappa shape index (κ2) is 4.99. The smallest absolute Gasteiger partial charge is 0.260 e. The average Bonchev–Trinajstić information content (AvgIpc) is 2.74. The lowest BCUT2D eigenvalue weighted by atomic mass is 10.3. The number of nitrogens with zero attached hydrogens (tertiary/aromatic N) is 1. The van der Waals surface area contributed by atoms with Crippen molar-refractivity contribution in [1.29, 1.82) is 0 Å². The lowest BCUT2D eigenvalue weighted by molar-refractivity contribution is -0.132. The molecular weight excluding hydrogens is 206 g/mol. The number of aliphatic hydroxyl groups is 1. The van der Waals surface area contributed by atoms with Gasteiger partial charge in [0.1, 0.15) is 5.75 Å². The van der Waals surface area contributed by atoms with Crippen LogP contribution >= 0.6 is 0 Å². The van der Waals surface area contributed by atoms with Crippen molar-refractivity contribution in [1.82, 2.24) is 4.90 Å². The van der Waals surface area contributed by atoms with Gasteiger partial charge in [0.25, 0.3) is 5.91 Å². The fourth-order valence-corrected chi connectivity index (χ4v) is 1.67. The molecule has 1 atom stereocenters. The van der Waals surface area contributed by atoms with E-state index in [0.717, 1.165) is 0 Å². The van der Waals surface area contributed by atoms with Gasteiger partial charge in [-0.1, -0.05) is 12.1 Å². The highest BCUT2D eigenvalue weighted by Gasteiger charge is 2.24. The zero-order chi connectivity index (χ0) is 11.4. The van der Waals surface area contributed by atoms with Crippen molar-refractivity contribution in [3.63, 3.8) is 0 Å². The minimum atomic E-state index is -0.381. The van der Waals surface area contributed by atoms with Gasteiger partial charge in [0.05, 0.1) is 6.10 Å². The minimum absolute atomic E-state index is 0.0184. The summed E-state index contributed by atoms with van der Waals surface area (Å²) in [4.78, 5) is 13.3. The van der Waals surface area contributed by atoms with Crippen molar-refractivity contribution in [2.45, 2.75) is 12.5 Å². The van der Waals surface area contributed by atoms with E-state index < -0.39 is 0 Å². The predicted molar refractivity (Wildman–Crippen MR) is 58.0 cm³/mol. The third-order valence-corrected chi connectivity index (χ3v) is 2.56. The van der Waals surface area contributed by atoms with Crippen molar-refractivity contribution < 1.29 is 14.6 Å². The lowest BCUT2D eigenvalue weighted by Gasteiger charge is -2.15. The van der Waals surface area contributed by atoms with Crippen LogP contribution in [0.25, 0.3) is 0 Å². The van der Waals surface area contributed by atoms with Crippen LogP contribution in [-0.2, 0) is 4.79 Å². The molecule has 4 nitrogen and oxygen atoms in total. The van der Waals surface area contributed by atoms with E-state index in [1.165, 1.54) is 0 Å². The highest BCUT2D eigenvalue weighted by molar-refractivity contribution is 5.78. The lowest BCUT2D eigenvalue weighted by Crippen LogP contribution is -2.33. The molecule has 1 radical (unpaired) electrons. The van der Waals surface area contributed by atoms with E-state index in [2.05, 4.69) is 6.07 Å². The molecule has 85 valence electrons. The molecular formula is C12H14NO3. The first kappa shape index (κ1) is 11.0. The maximum absolute atomic E-state index is 11.6. The molecule has 2 rings (SSSR count). The molecule has 1 aliphatic rings. The summed E-state index contributed by atoms with van der Waals surface area (Å²) >= 11 is 0. The van der Waals surface area contributed by atoms with Gasteiger partial charge in [-0.25, -0.2) is 0 Å². The van der Waals surface area contributed by atoms with Gasteiger partial charge in [0.2, 0.25) is 0 Å². The zero-order valence-electron chi connectivity index (χ0n) is 8.93. The van der Waals surface area contributed by atoms with E-state index in [1.54, 1.807) is 29.2 Å². The number of ether oxygens (including phenoxy) is 1. The largest absolute Gasteiger partial charge is 0.484 e. The molecule has 0 unspecified atom stereocenters. The Morgan fingerprint density at radius 1 is 1.69 bits per heavy atom. The van der Waals surface area contributed by atoms with Crippen LogP contribution in [0.2, 0.25) is 0 Å². The van der Waals surface area contributed by atoms with Crippen LogP contribution in [0.4, 0.5) is 0 Å². The second-order valence-corrected chi connectivity index (χ2v) is 3.81. The van der Waals surface area contributed by atoms with Crippen molar-refractivity contribution >= 4 is 5.91 Å². The number of carbonyl (C=O) groups excluding carboxylic acids is 1. The van der Waals surface area contributed by atoms with Gasteiger partial charge in [-0.15, -0.1) is 0 Å². The molecule has 1 aliphatic heterocycles. The standard InChI is InChI=1S/C12H14NO3/c14-10-6-7-13(8-10)12(15)9-16-11-4-2-1-3-5-11/h1-2,4-5,10,14H,6-9H2/t10-/m0/s1. The fraction of sp³-hybridized carbons (Fsp3) is 0.417. The molecule has 0 aliphatic carbocycles. The van der Waals surface area contributed by atoms with Crippen LogP contribution < -0.4 is 4.74 Å². The number of likely N-dealkylation sites (tertiary alicyclic amines) is 1. The Labute approximate surface area is 94.4 Å². The van der Waals surface area contributed by atoms with Gasteiger partial charge < -0.3 is 14.7 Å². The molecule has 1 fully saturated rings. The molecule has 0 aromatic heterocycles. The van der Waals surface area contributed by atoms with Crippen LogP contribution in [-0.4, -0.2) is 41.7 Å². The molecule has 1 aromatic carbocycles. The van der Waals surface area contributed by atoms with E-state index in [1.807, 2.05) is 0 Å². The monoisotopic (exact) mass is 220 g/mol. The molecule has 16 heavy (non-hydrogen) atoms. The predicted octanol–water partition coefficient (Wildman–Crippen LogP) is 0.459.